The molecule has 0 fully saturated rings. The molecule has 0 aliphatic heterocycles. The van der Waals surface area contributed by atoms with Gasteiger partial charge in [0, 0.05) is 26.1 Å². The number of rotatable bonds is 8. The largest absolute Gasteiger partial charge is 0.383 e. The van der Waals surface area contributed by atoms with Crippen LogP contribution in [0.3, 0.4) is 0 Å². The van der Waals surface area contributed by atoms with Crippen molar-refractivity contribution in [3.05, 3.63) is 29.8 Å². The number of hydrogen-bond donors (Lipinski definition) is 3. The van der Waals surface area contributed by atoms with E-state index in [4.69, 9.17) is 10.5 Å². The van der Waals surface area contributed by atoms with Gasteiger partial charge >= 0.3 is 0 Å². The van der Waals surface area contributed by atoms with E-state index < -0.39 is 0 Å². The molecule has 6 heteroatoms. The summed E-state index contributed by atoms with van der Waals surface area (Å²) in [6.07, 6.45) is 0.961. The Kier molecular flexibility index (Phi) is 7.42. The molecule has 6 nitrogen and oxygen atoms in total. The van der Waals surface area contributed by atoms with E-state index >= 15 is 0 Å². The van der Waals surface area contributed by atoms with Gasteiger partial charge < -0.3 is 21.1 Å². The zero-order valence-electron chi connectivity index (χ0n) is 12.5. The minimum absolute atomic E-state index is 0.173. The summed E-state index contributed by atoms with van der Waals surface area (Å²) in [6, 6.07) is 6.70. The van der Waals surface area contributed by atoms with Gasteiger partial charge in [-0.2, -0.15) is 0 Å². The van der Waals surface area contributed by atoms with Crippen LogP contribution in [-0.4, -0.2) is 38.1 Å². The summed E-state index contributed by atoms with van der Waals surface area (Å²) in [5, 5.41) is 5.46. The van der Waals surface area contributed by atoms with Gasteiger partial charge in [0.2, 0.25) is 5.91 Å². The van der Waals surface area contributed by atoms with Gasteiger partial charge in [-0.3, -0.25) is 9.59 Å². The molecule has 1 aromatic rings. The highest BCUT2D eigenvalue weighted by Crippen LogP contribution is 2.15. The number of amides is 2. The predicted molar refractivity (Wildman–Crippen MR) is 82.2 cm³/mol. The minimum Gasteiger partial charge on any atom is -0.383 e. The molecule has 1 atom stereocenters. The van der Waals surface area contributed by atoms with E-state index in [1.807, 2.05) is 6.92 Å². The van der Waals surface area contributed by atoms with Gasteiger partial charge in [0.05, 0.1) is 17.9 Å². The van der Waals surface area contributed by atoms with Crippen LogP contribution in [0.4, 0.5) is 5.69 Å². The van der Waals surface area contributed by atoms with E-state index in [0.717, 1.165) is 6.42 Å². The van der Waals surface area contributed by atoms with Gasteiger partial charge in [0.1, 0.15) is 0 Å². The van der Waals surface area contributed by atoms with Gasteiger partial charge in [-0.15, -0.1) is 0 Å². The highest BCUT2D eigenvalue weighted by atomic mass is 16.5. The fraction of sp³-hybridized carbons (Fsp3) is 0.467. The van der Waals surface area contributed by atoms with Crippen molar-refractivity contribution >= 4 is 17.5 Å². The topological polar surface area (TPSA) is 93.5 Å². The molecule has 0 saturated carbocycles. The molecule has 0 aliphatic carbocycles. The summed E-state index contributed by atoms with van der Waals surface area (Å²) in [5.41, 5.74) is 6.66. The quantitative estimate of drug-likeness (QED) is 0.626. The van der Waals surface area contributed by atoms with Crippen molar-refractivity contribution in [1.29, 1.82) is 0 Å². The number of anilines is 1. The molecule has 0 aliphatic rings. The third-order valence-electron chi connectivity index (χ3n) is 3.01. The monoisotopic (exact) mass is 293 g/mol. The normalized spacial score (nSPS) is 11.8. The number of nitrogens with one attached hydrogen (secondary N) is 2. The molecule has 0 saturated heterocycles. The van der Waals surface area contributed by atoms with Crippen LogP contribution in [0.2, 0.25) is 0 Å². The first-order valence-corrected chi connectivity index (χ1v) is 7.00. The maximum absolute atomic E-state index is 12.1. The zero-order chi connectivity index (χ0) is 15.7. The highest BCUT2D eigenvalue weighted by Gasteiger charge is 2.14. The summed E-state index contributed by atoms with van der Waals surface area (Å²) in [5.74, 6) is -0.441. The number of benzene rings is 1. The standard InChI is InChI=1S/C15H23N3O3/c1-3-11(16)10-14(19)18-13-7-5-4-6-12(13)15(20)17-8-9-21-2/h4-7,11H,3,8-10,16H2,1-2H3,(H,17,20)(H,18,19). The highest BCUT2D eigenvalue weighted by molar-refractivity contribution is 6.03. The van der Waals surface area contributed by atoms with Crippen LogP contribution in [0, 0.1) is 0 Å². The Bertz CT molecular complexity index is 477. The predicted octanol–water partition coefficient (Wildman–Crippen LogP) is 1.13. The first-order chi connectivity index (χ1) is 10.1. The van der Waals surface area contributed by atoms with Crippen molar-refractivity contribution in [2.75, 3.05) is 25.6 Å². The summed E-state index contributed by atoms with van der Waals surface area (Å²) >= 11 is 0. The SMILES string of the molecule is CCC(N)CC(=O)Nc1ccccc1C(=O)NCCOC. The second-order valence-electron chi connectivity index (χ2n) is 4.71. The molecular weight excluding hydrogens is 270 g/mol. The first kappa shape index (κ1) is 17.1. The average molecular weight is 293 g/mol. The van der Waals surface area contributed by atoms with E-state index in [-0.39, 0.29) is 24.3 Å². The van der Waals surface area contributed by atoms with Crippen LogP contribution in [0.25, 0.3) is 0 Å². The van der Waals surface area contributed by atoms with Gasteiger partial charge in [-0.1, -0.05) is 19.1 Å². The van der Waals surface area contributed by atoms with Crippen molar-refractivity contribution in [2.24, 2.45) is 5.73 Å². The van der Waals surface area contributed by atoms with Crippen LogP contribution in [0.5, 0.6) is 0 Å². The Hall–Kier alpha value is -1.92. The van der Waals surface area contributed by atoms with E-state index in [2.05, 4.69) is 10.6 Å². The van der Waals surface area contributed by atoms with Crippen LogP contribution < -0.4 is 16.4 Å². The molecule has 0 heterocycles. The Morgan fingerprint density at radius 2 is 2.05 bits per heavy atom. The lowest BCUT2D eigenvalue weighted by molar-refractivity contribution is -0.116. The smallest absolute Gasteiger partial charge is 0.253 e. The molecule has 0 radical (unpaired) electrons. The summed E-state index contributed by atoms with van der Waals surface area (Å²) < 4.78 is 4.88. The summed E-state index contributed by atoms with van der Waals surface area (Å²) in [4.78, 5) is 23.9. The molecule has 1 unspecified atom stereocenters. The maximum Gasteiger partial charge on any atom is 0.253 e. The number of nitrogens with two attached hydrogens (primary N) is 1. The fourth-order valence-electron chi connectivity index (χ4n) is 1.74. The van der Waals surface area contributed by atoms with Crippen LogP contribution in [0.1, 0.15) is 30.1 Å². The van der Waals surface area contributed by atoms with E-state index in [1.54, 1.807) is 31.4 Å². The van der Waals surface area contributed by atoms with Crippen LogP contribution in [0.15, 0.2) is 24.3 Å². The van der Waals surface area contributed by atoms with E-state index in [0.29, 0.717) is 24.4 Å². The third-order valence-corrected chi connectivity index (χ3v) is 3.01. The van der Waals surface area contributed by atoms with Gasteiger partial charge in [-0.05, 0) is 18.6 Å². The Morgan fingerprint density at radius 3 is 2.71 bits per heavy atom. The second kappa shape index (κ2) is 9.10. The lowest BCUT2D eigenvalue weighted by Crippen LogP contribution is -2.29. The van der Waals surface area contributed by atoms with Gasteiger partial charge in [-0.25, -0.2) is 0 Å². The molecule has 0 spiro atoms. The number of carbonyl (C=O) groups is 2. The average Bonchev–Trinajstić information content (AvgIpc) is 2.47. The molecule has 1 rings (SSSR count). The van der Waals surface area contributed by atoms with Gasteiger partial charge in [0.25, 0.3) is 5.91 Å². The summed E-state index contributed by atoms with van der Waals surface area (Å²) in [6.45, 7) is 2.78. The lowest BCUT2D eigenvalue weighted by Gasteiger charge is -2.13. The zero-order valence-corrected chi connectivity index (χ0v) is 12.5. The summed E-state index contributed by atoms with van der Waals surface area (Å²) in [7, 11) is 1.57. The molecule has 4 N–H and O–H groups in total. The van der Waals surface area contributed by atoms with E-state index in [1.165, 1.54) is 0 Å². The molecule has 21 heavy (non-hydrogen) atoms. The van der Waals surface area contributed by atoms with Crippen molar-refractivity contribution in [3.63, 3.8) is 0 Å². The third kappa shape index (κ3) is 5.93. The van der Waals surface area contributed by atoms with Crippen molar-refractivity contribution in [1.82, 2.24) is 5.32 Å². The van der Waals surface area contributed by atoms with Crippen LogP contribution >= 0.6 is 0 Å². The second-order valence-corrected chi connectivity index (χ2v) is 4.71. The Balaban J connectivity index is 2.70. The molecule has 116 valence electrons. The molecule has 1 aromatic carbocycles. The number of para-hydroxylation sites is 1. The van der Waals surface area contributed by atoms with E-state index in [9.17, 15) is 9.59 Å². The molecular formula is C15H23N3O3. The Morgan fingerprint density at radius 1 is 1.33 bits per heavy atom. The Labute approximate surface area is 125 Å². The number of hydrogen-bond acceptors (Lipinski definition) is 4. The number of methoxy groups -OCH3 is 1. The molecule has 0 aromatic heterocycles. The minimum atomic E-state index is -0.247. The van der Waals surface area contributed by atoms with Crippen molar-refractivity contribution < 1.29 is 14.3 Å². The number of ether oxygens (including phenoxy) is 1. The lowest BCUT2D eigenvalue weighted by atomic mass is 10.1. The fourth-order valence-corrected chi connectivity index (χ4v) is 1.74. The molecule has 2 amide bonds. The molecule has 0 bridgehead atoms. The maximum atomic E-state index is 12.1. The van der Waals surface area contributed by atoms with Crippen molar-refractivity contribution in [3.8, 4) is 0 Å². The number of carbonyl (C=O) groups excluding carboxylic acids is 2. The van der Waals surface area contributed by atoms with Gasteiger partial charge in [0.15, 0.2) is 0 Å². The van der Waals surface area contributed by atoms with Crippen LogP contribution in [-0.2, 0) is 9.53 Å². The first-order valence-electron chi connectivity index (χ1n) is 7.00. The van der Waals surface area contributed by atoms with Crippen molar-refractivity contribution in [2.45, 2.75) is 25.8 Å².